The van der Waals surface area contributed by atoms with Gasteiger partial charge in [-0.3, -0.25) is 14.9 Å². The Morgan fingerprint density at radius 1 is 1.23 bits per heavy atom. The fourth-order valence-electron chi connectivity index (χ4n) is 2.67. The molecule has 0 saturated heterocycles. The number of ether oxygens (including phenoxy) is 1. The number of aryl methyl sites for hydroxylation is 1. The third-order valence-corrected chi connectivity index (χ3v) is 5.49. The second kappa shape index (κ2) is 9.39. The first-order valence-corrected chi connectivity index (χ1v) is 9.93. The van der Waals surface area contributed by atoms with E-state index in [-0.39, 0.29) is 11.3 Å². The topological polar surface area (TPSA) is 120 Å². The lowest BCUT2D eigenvalue weighted by Crippen LogP contribution is -2.37. The van der Waals surface area contributed by atoms with Crippen molar-refractivity contribution in [2.45, 2.75) is 23.1 Å². The summed E-state index contributed by atoms with van der Waals surface area (Å²) in [4.78, 5) is 37.7. The zero-order chi connectivity index (χ0) is 22.5. The van der Waals surface area contributed by atoms with E-state index >= 15 is 0 Å². The van der Waals surface area contributed by atoms with Crippen molar-refractivity contribution >= 4 is 35.0 Å². The number of para-hydroxylation sites is 1. The predicted octanol–water partition coefficient (Wildman–Crippen LogP) is 3.08. The molecule has 1 unspecified atom stereocenters. The first kappa shape index (κ1) is 22.0. The van der Waals surface area contributed by atoms with E-state index in [1.807, 2.05) is 6.07 Å². The number of amides is 1. The molecule has 1 heterocycles. The summed E-state index contributed by atoms with van der Waals surface area (Å²) in [5, 5.41) is 19.6. The smallest absolute Gasteiger partial charge is 0.339 e. The molecule has 1 aromatic heterocycles. The molecule has 0 bridgehead atoms. The fraction of sp³-hybridized carbons (Fsp3) is 0.200. The van der Waals surface area contributed by atoms with E-state index in [4.69, 9.17) is 4.74 Å². The number of hydrogen-bond acceptors (Lipinski definition) is 8. The minimum atomic E-state index is -1.08. The Bertz CT molecular complexity index is 1120. The van der Waals surface area contributed by atoms with E-state index in [0.717, 1.165) is 17.8 Å². The second-order valence-electron chi connectivity index (χ2n) is 6.55. The number of carbonyl (C=O) groups excluding carboxylic acids is 2. The Hall–Kier alpha value is -3.73. The molecule has 0 aliphatic rings. The molecule has 2 aromatic carbocycles. The lowest BCUT2D eigenvalue weighted by Gasteiger charge is -2.21. The van der Waals surface area contributed by atoms with E-state index in [1.54, 1.807) is 42.9 Å². The number of anilines is 1. The number of esters is 1. The molecule has 0 aliphatic heterocycles. The molecule has 0 N–H and O–H groups in total. The highest BCUT2D eigenvalue weighted by molar-refractivity contribution is 7.99. The zero-order valence-corrected chi connectivity index (χ0v) is 17.8. The van der Waals surface area contributed by atoms with Gasteiger partial charge in [-0.1, -0.05) is 18.2 Å². The van der Waals surface area contributed by atoms with Gasteiger partial charge in [0.1, 0.15) is 6.33 Å². The molecule has 31 heavy (non-hydrogen) atoms. The van der Waals surface area contributed by atoms with Gasteiger partial charge in [-0.25, -0.2) is 4.79 Å². The van der Waals surface area contributed by atoms with E-state index < -0.39 is 22.9 Å². The van der Waals surface area contributed by atoms with Crippen LogP contribution >= 0.6 is 11.8 Å². The van der Waals surface area contributed by atoms with Crippen molar-refractivity contribution in [3.63, 3.8) is 0 Å². The number of likely N-dealkylation sites (N-methyl/N-ethyl adjacent to an activating group) is 1. The third kappa shape index (κ3) is 5.07. The van der Waals surface area contributed by atoms with Gasteiger partial charge < -0.3 is 14.2 Å². The van der Waals surface area contributed by atoms with Crippen LogP contribution in [0, 0.1) is 10.1 Å². The van der Waals surface area contributed by atoms with Gasteiger partial charge in [0, 0.05) is 25.8 Å². The van der Waals surface area contributed by atoms with Crippen LogP contribution in [-0.4, -0.2) is 44.7 Å². The summed E-state index contributed by atoms with van der Waals surface area (Å²) in [6, 6.07) is 12.9. The lowest BCUT2D eigenvalue weighted by atomic mass is 10.2. The number of carbonyl (C=O) groups is 2. The van der Waals surface area contributed by atoms with Gasteiger partial charge in [-0.15, -0.1) is 10.2 Å². The minimum Gasteiger partial charge on any atom is -0.449 e. The average Bonchev–Trinajstić information content (AvgIpc) is 3.17. The maximum absolute atomic E-state index is 12.6. The van der Waals surface area contributed by atoms with Gasteiger partial charge in [0.25, 0.3) is 11.6 Å². The first-order chi connectivity index (χ1) is 14.8. The van der Waals surface area contributed by atoms with Crippen molar-refractivity contribution in [1.82, 2.24) is 14.8 Å². The summed E-state index contributed by atoms with van der Waals surface area (Å²) < 4.78 is 6.87. The quantitative estimate of drug-likeness (QED) is 0.312. The summed E-state index contributed by atoms with van der Waals surface area (Å²) in [6.45, 7) is 1.45. The summed E-state index contributed by atoms with van der Waals surface area (Å²) in [5.74, 6) is -1.26. The Kier molecular flexibility index (Phi) is 6.65. The van der Waals surface area contributed by atoms with Gasteiger partial charge in [0.05, 0.1) is 15.4 Å². The van der Waals surface area contributed by atoms with Gasteiger partial charge in [0.15, 0.2) is 11.3 Å². The predicted molar refractivity (Wildman–Crippen MR) is 113 cm³/mol. The molecule has 0 radical (unpaired) electrons. The molecule has 0 spiro atoms. The molecule has 0 fully saturated rings. The second-order valence-corrected chi connectivity index (χ2v) is 7.56. The molecule has 0 saturated carbocycles. The molecule has 0 aliphatic carbocycles. The van der Waals surface area contributed by atoms with Crippen LogP contribution in [0.5, 0.6) is 0 Å². The number of rotatable bonds is 7. The fourth-order valence-corrected chi connectivity index (χ4v) is 3.52. The molecule has 10 nitrogen and oxygen atoms in total. The zero-order valence-electron chi connectivity index (χ0n) is 17.0. The summed E-state index contributed by atoms with van der Waals surface area (Å²) in [7, 11) is 3.29. The highest BCUT2D eigenvalue weighted by Gasteiger charge is 2.25. The van der Waals surface area contributed by atoms with Crippen LogP contribution in [0.15, 0.2) is 64.9 Å². The molecule has 3 aromatic rings. The van der Waals surface area contributed by atoms with Crippen molar-refractivity contribution in [3.8, 4) is 0 Å². The van der Waals surface area contributed by atoms with Crippen molar-refractivity contribution in [2.24, 2.45) is 7.05 Å². The largest absolute Gasteiger partial charge is 0.449 e. The molecular formula is C20H19N5O5S. The Balaban J connectivity index is 1.75. The van der Waals surface area contributed by atoms with Gasteiger partial charge >= 0.3 is 5.97 Å². The number of hydrogen-bond donors (Lipinski definition) is 0. The monoisotopic (exact) mass is 441 g/mol. The van der Waals surface area contributed by atoms with E-state index in [0.29, 0.717) is 15.7 Å². The maximum atomic E-state index is 12.6. The first-order valence-electron chi connectivity index (χ1n) is 9.12. The molecule has 11 heteroatoms. The van der Waals surface area contributed by atoms with Crippen molar-refractivity contribution in [3.05, 3.63) is 70.5 Å². The Labute approximate surface area is 182 Å². The van der Waals surface area contributed by atoms with Crippen LogP contribution < -0.4 is 4.90 Å². The van der Waals surface area contributed by atoms with Crippen molar-refractivity contribution < 1.29 is 19.2 Å². The Morgan fingerprint density at radius 3 is 2.55 bits per heavy atom. The molecular weight excluding hydrogens is 422 g/mol. The SMILES string of the molecule is CC(OC(=O)c1ccc(Sc2nncn2C)c([N+](=O)[O-])c1)C(=O)N(C)c1ccccc1. The van der Waals surface area contributed by atoms with Gasteiger partial charge in [0.2, 0.25) is 0 Å². The molecule has 3 rings (SSSR count). The number of aromatic nitrogens is 3. The summed E-state index contributed by atoms with van der Waals surface area (Å²) in [6.07, 6.45) is 0.398. The highest BCUT2D eigenvalue weighted by Crippen LogP contribution is 2.34. The molecule has 160 valence electrons. The third-order valence-electron chi connectivity index (χ3n) is 4.37. The normalized spacial score (nSPS) is 11.6. The summed E-state index contributed by atoms with van der Waals surface area (Å²) in [5.41, 5.74) is 0.343. The molecule has 1 amide bonds. The van der Waals surface area contributed by atoms with Crippen LogP contribution in [0.25, 0.3) is 0 Å². The van der Waals surface area contributed by atoms with Crippen LogP contribution in [0.1, 0.15) is 17.3 Å². The van der Waals surface area contributed by atoms with Gasteiger partial charge in [-0.05, 0) is 43.0 Å². The standard InChI is InChI=1S/C20H19N5O5S/c1-13(18(26)24(3)15-7-5-4-6-8-15)30-19(27)14-9-10-17(16(11-14)25(28)29)31-20-22-21-12-23(20)2/h4-13H,1-3H3. The minimum absolute atomic E-state index is 0.0315. The summed E-state index contributed by atoms with van der Waals surface area (Å²) >= 11 is 1.05. The van der Waals surface area contributed by atoms with Crippen molar-refractivity contribution in [2.75, 3.05) is 11.9 Å². The van der Waals surface area contributed by atoms with E-state index in [2.05, 4.69) is 10.2 Å². The Morgan fingerprint density at radius 2 is 1.94 bits per heavy atom. The number of benzene rings is 2. The molecule has 1 atom stereocenters. The van der Waals surface area contributed by atoms with Crippen molar-refractivity contribution in [1.29, 1.82) is 0 Å². The number of nitro groups is 1. The van der Waals surface area contributed by atoms with Crippen LogP contribution in [0.4, 0.5) is 11.4 Å². The van der Waals surface area contributed by atoms with E-state index in [9.17, 15) is 19.7 Å². The average molecular weight is 441 g/mol. The lowest BCUT2D eigenvalue weighted by molar-refractivity contribution is -0.387. The number of nitro benzene ring substituents is 1. The highest BCUT2D eigenvalue weighted by atomic mass is 32.2. The van der Waals surface area contributed by atoms with E-state index in [1.165, 1.54) is 30.3 Å². The number of nitrogens with zero attached hydrogens (tertiary/aromatic N) is 5. The van der Waals surface area contributed by atoms with Crippen LogP contribution in [-0.2, 0) is 16.6 Å². The van der Waals surface area contributed by atoms with Gasteiger partial charge in [-0.2, -0.15) is 0 Å². The maximum Gasteiger partial charge on any atom is 0.339 e. The van der Waals surface area contributed by atoms with Crippen LogP contribution in [0.2, 0.25) is 0 Å². The van der Waals surface area contributed by atoms with Crippen LogP contribution in [0.3, 0.4) is 0 Å².